The van der Waals surface area contributed by atoms with Crippen LogP contribution in [0.15, 0.2) is 42.5 Å². The van der Waals surface area contributed by atoms with Gasteiger partial charge in [0.1, 0.15) is 5.75 Å². The van der Waals surface area contributed by atoms with Crippen molar-refractivity contribution in [1.29, 1.82) is 0 Å². The summed E-state index contributed by atoms with van der Waals surface area (Å²) in [5, 5.41) is 5.60. The lowest BCUT2D eigenvalue weighted by Gasteiger charge is -2.25. The van der Waals surface area contributed by atoms with E-state index in [0.717, 1.165) is 5.56 Å². The lowest BCUT2D eigenvalue weighted by Crippen LogP contribution is -2.41. The van der Waals surface area contributed by atoms with Crippen molar-refractivity contribution in [2.24, 2.45) is 0 Å². The minimum Gasteiger partial charge on any atom is -0.490 e. The Morgan fingerprint density at radius 3 is 2.66 bits per heavy atom. The number of nitrogens with one attached hydrogen (secondary N) is 2. The number of anilines is 1. The predicted molar refractivity (Wildman–Crippen MR) is 110 cm³/mol. The van der Waals surface area contributed by atoms with Crippen LogP contribution in [0.4, 0.5) is 5.69 Å². The fraction of sp³-hybridized carbons (Fsp3) is 0.364. The maximum absolute atomic E-state index is 12.3. The first kappa shape index (κ1) is 20.5. The minimum absolute atomic E-state index is 0.0341. The average molecular weight is 398 g/mol. The fourth-order valence-corrected chi connectivity index (χ4v) is 3.06. The van der Waals surface area contributed by atoms with Crippen molar-refractivity contribution in [3.63, 3.8) is 0 Å². The van der Waals surface area contributed by atoms with E-state index in [1.165, 1.54) is 0 Å². The summed E-state index contributed by atoms with van der Waals surface area (Å²) in [5.41, 5.74) is 1.65. The third-order valence-corrected chi connectivity index (χ3v) is 4.42. The molecule has 1 heterocycles. The first-order valence-corrected chi connectivity index (χ1v) is 9.82. The van der Waals surface area contributed by atoms with E-state index in [0.29, 0.717) is 49.1 Å². The lowest BCUT2D eigenvalue weighted by molar-refractivity contribution is -0.130. The molecule has 154 valence electrons. The highest BCUT2D eigenvalue weighted by molar-refractivity contribution is 5.99. The van der Waals surface area contributed by atoms with Gasteiger partial charge in [0.05, 0.1) is 25.3 Å². The van der Waals surface area contributed by atoms with Crippen LogP contribution in [0, 0.1) is 0 Å². The molecule has 2 aromatic rings. The summed E-state index contributed by atoms with van der Waals surface area (Å²) < 4.78 is 16.8. The third-order valence-electron chi connectivity index (χ3n) is 4.42. The highest BCUT2D eigenvalue weighted by Crippen LogP contribution is 2.30. The standard InChI is InChI=1S/C22H26N2O5/c1-3-27-18-10-9-15(13-19(18)28-4-2)11-12-23-21(25)14-20-22(26)24-16-7-5-6-8-17(16)29-20/h5-10,13,20H,3-4,11-12,14H2,1-2H3,(H,23,25)(H,24,26)/t20-/m1/s1. The molecule has 2 amide bonds. The van der Waals surface area contributed by atoms with Crippen molar-refractivity contribution in [2.45, 2.75) is 32.8 Å². The Morgan fingerprint density at radius 1 is 1.10 bits per heavy atom. The first-order chi connectivity index (χ1) is 14.1. The number of fused-ring (bicyclic) bond motifs is 1. The number of hydrogen-bond acceptors (Lipinski definition) is 5. The van der Waals surface area contributed by atoms with Gasteiger partial charge >= 0.3 is 0 Å². The zero-order valence-corrected chi connectivity index (χ0v) is 16.7. The lowest BCUT2D eigenvalue weighted by atomic mass is 10.1. The molecule has 2 N–H and O–H groups in total. The summed E-state index contributed by atoms with van der Waals surface area (Å²) in [6.07, 6.45) is -0.230. The van der Waals surface area contributed by atoms with Crippen LogP contribution < -0.4 is 24.8 Å². The second-order valence-electron chi connectivity index (χ2n) is 6.54. The molecule has 2 aromatic carbocycles. The van der Waals surface area contributed by atoms with Gasteiger partial charge in [-0.3, -0.25) is 9.59 Å². The van der Waals surface area contributed by atoms with Gasteiger partial charge in [-0.05, 0) is 50.1 Å². The van der Waals surface area contributed by atoms with Gasteiger partial charge in [-0.2, -0.15) is 0 Å². The number of ether oxygens (including phenoxy) is 3. The normalized spacial score (nSPS) is 15.0. The molecule has 0 aliphatic carbocycles. The molecule has 0 radical (unpaired) electrons. The number of rotatable bonds is 9. The molecule has 29 heavy (non-hydrogen) atoms. The van der Waals surface area contributed by atoms with Crippen molar-refractivity contribution in [1.82, 2.24) is 5.32 Å². The van der Waals surface area contributed by atoms with Crippen LogP contribution in [0.3, 0.4) is 0 Å². The average Bonchev–Trinajstić information content (AvgIpc) is 2.71. The summed E-state index contributed by atoms with van der Waals surface area (Å²) in [6.45, 7) is 5.41. The molecule has 0 spiro atoms. The monoisotopic (exact) mass is 398 g/mol. The van der Waals surface area contributed by atoms with Gasteiger partial charge in [-0.25, -0.2) is 0 Å². The van der Waals surface area contributed by atoms with Crippen LogP contribution in [0.5, 0.6) is 17.2 Å². The SMILES string of the molecule is CCOc1ccc(CCNC(=O)C[C@H]2Oc3ccccc3NC2=O)cc1OCC. The zero-order valence-electron chi connectivity index (χ0n) is 16.7. The maximum Gasteiger partial charge on any atom is 0.266 e. The van der Waals surface area contributed by atoms with Gasteiger partial charge in [0.25, 0.3) is 5.91 Å². The van der Waals surface area contributed by atoms with Crippen LogP contribution in [0.1, 0.15) is 25.8 Å². The summed E-state index contributed by atoms with van der Waals surface area (Å²) in [7, 11) is 0. The van der Waals surface area contributed by atoms with Gasteiger partial charge in [0.15, 0.2) is 17.6 Å². The maximum atomic E-state index is 12.3. The Kier molecular flexibility index (Phi) is 6.94. The minimum atomic E-state index is -0.833. The molecule has 1 atom stereocenters. The third kappa shape index (κ3) is 5.40. The Morgan fingerprint density at radius 2 is 1.86 bits per heavy atom. The van der Waals surface area contributed by atoms with Crippen LogP contribution in [-0.4, -0.2) is 37.7 Å². The molecule has 0 saturated heterocycles. The molecule has 7 heteroatoms. The zero-order chi connectivity index (χ0) is 20.6. The molecule has 0 fully saturated rings. The van der Waals surface area contributed by atoms with E-state index >= 15 is 0 Å². The van der Waals surface area contributed by atoms with Crippen molar-refractivity contribution in [3.8, 4) is 17.2 Å². The summed E-state index contributed by atoms with van der Waals surface area (Å²) >= 11 is 0. The van der Waals surface area contributed by atoms with Crippen LogP contribution >= 0.6 is 0 Å². The van der Waals surface area contributed by atoms with Gasteiger partial charge < -0.3 is 24.8 Å². The van der Waals surface area contributed by atoms with Crippen molar-refractivity contribution < 1.29 is 23.8 Å². The molecule has 0 aromatic heterocycles. The number of hydrogen-bond donors (Lipinski definition) is 2. The molecule has 1 aliphatic heterocycles. The summed E-state index contributed by atoms with van der Waals surface area (Å²) in [5.74, 6) is 1.43. The van der Waals surface area contributed by atoms with E-state index in [-0.39, 0.29) is 18.2 Å². The van der Waals surface area contributed by atoms with Gasteiger partial charge in [-0.1, -0.05) is 18.2 Å². The highest BCUT2D eigenvalue weighted by Gasteiger charge is 2.29. The van der Waals surface area contributed by atoms with E-state index in [1.807, 2.05) is 44.2 Å². The predicted octanol–water partition coefficient (Wildman–Crippen LogP) is 2.93. The van der Waals surface area contributed by atoms with E-state index in [1.54, 1.807) is 12.1 Å². The number of benzene rings is 2. The van der Waals surface area contributed by atoms with Crippen LogP contribution in [-0.2, 0) is 16.0 Å². The molecule has 7 nitrogen and oxygen atoms in total. The first-order valence-electron chi connectivity index (χ1n) is 9.82. The second kappa shape index (κ2) is 9.82. The fourth-order valence-electron chi connectivity index (χ4n) is 3.06. The van der Waals surface area contributed by atoms with Gasteiger partial charge in [-0.15, -0.1) is 0 Å². The Balaban J connectivity index is 1.50. The van der Waals surface area contributed by atoms with E-state index in [9.17, 15) is 9.59 Å². The molecule has 3 rings (SSSR count). The summed E-state index contributed by atoms with van der Waals surface area (Å²) in [4.78, 5) is 24.4. The van der Waals surface area contributed by atoms with Crippen LogP contribution in [0.2, 0.25) is 0 Å². The quantitative estimate of drug-likeness (QED) is 0.678. The number of para-hydroxylation sites is 2. The van der Waals surface area contributed by atoms with Crippen molar-refractivity contribution >= 4 is 17.5 Å². The molecule has 0 saturated carbocycles. The van der Waals surface area contributed by atoms with E-state index in [2.05, 4.69) is 10.6 Å². The molecule has 0 bridgehead atoms. The van der Waals surface area contributed by atoms with Gasteiger partial charge in [0.2, 0.25) is 5.91 Å². The van der Waals surface area contributed by atoms with Crippen molar-refractivity contribution in [3.05, 3.63) is 48.0 Å². The number of amides is 2. The smallest absolute Gasteiger partial charge is 0.266 e. The summed E-state index contributed by atoms with van der Waals surface area (Å²) in [6, 6.07) is 12.9. The second-order valence-corrected chi connectivity index (χ2v) is 6.54. The molecular formula is C22H26N2O5. The Bertz CT molecular complexity index is 868. The van der Waals surface area contributed by atoms with E-state index in [4.69, 9.17) is 14.2 Å². The topological polar surface area (TPSA) is 85.9 Å². The largest absolute Gasteiger partial charge is 0.490 e. The highest BCUT2D eigenvalue weighted by atomic mass is 16.5. The Hall–Kier alpha value is -3.22. The number of carbonyl (C=O) groups is 2. The van der Waals surface area contributed by atoms with Gasteiger partial charge in [0, 0.05) is 6.54 Å². The van der Waals surface area contributed by atoms with E-state index < -0.39 is 6.10 Å². The van der Waals surface area contributed by atoms with Crippen LogP contribution in [0.25, 0.3) is 0 Å². The molecular weight excluding hydrogens is 372 g/mol. The Labute approximate surface area is 170 Å². The van der Waals surface area contributed by atoms with Crippen molar-refractivity contribution in [2.75, 3.05) is 25.1 Å². The number of carbonyl (C=O) groups excluding carboxylic acids is 2. The molecule has 0 unspecified atom stereocenters. The molecule has 1 aliphatic rings.